The van der Waals surface area contributed by atoms with E-state index in [1.165, 1.54) is 0 Å². The van der Waals surface area contributed by atoms with E-state index in [1.807, 2.05) is 48.5 Å². The number of benzene rings is 2. The minimum absolute atomic E-state index is 0.386. The topological polar surface area (TPSA) is 74.9 Å². The second kappa shape index (κ2) is 4.16. The lowest BCUT2D eigenvalue weighted by Crippen LogP contribution is -1.98. The Hall–Kier alpha value is -2.33. The zero-order valence-corrected chi connectivity index (χ0v) is 9.67. The molecule has 4 nitrogen and oxygen atoms in total. The van der Waals surface area contributed by atoms with E-state index in [1.54, 1.807) is 0 Å². The number of nitrogens with one attached hydrogen (secondary N) is 1. The van der Waals surface area contributed by atoms with Gasteiger partial charge in [0, 0.05) is 0 Å². The van der Waals surface area contributed by atoms with Crippen LogP contribution in [0.4, 0.5) is 5.95 Å². The van der Waals surface area contributed by atoms with E-state index in [0.29, 0.717) is 5.95 Å². The van der Waals surface area contributed by atoms with Crippen molar-refractivity contribution in [1.82, 2.24) is 9.97 Å². The zero-order chi connectivity index (χ0) is 12.5. The number of aromatic nitrogens is 2. The first-order valence-corrected chi connectivity index (χ1v) is 5.72. The van der Waals surface area contributed by atoms with Crippen molar-refractivity contribution in [2.24, 2.45) is 0 Å². The van der Waals surface area contributed by atoms with Gasteiger partial charge in [-0.15, -0.1) is 0 Å². The van der Waals surface area contributed by atoms with Crippen LogP contribution in [0.15, 0.2) is 48.5 Å². The van der Waals surface area contributed by atoms with E-state index in [0.717, 1.165) is 22.2 Å². The highest BCUT2D eigenvalue weighted by Crippen LogP contribution is 2.24. The summed E-state index contributed by atoms with van der Waals surface area (Å²) in [6, 6.07) is 15.1. The maximum absolute atomic E-state index is 10.3. The van der Waals surface area contributed by atoms with E-state index in [9.17, 15) is 5.11 Å². The van der Waals surface area contributed by atoms with E-state index in [2.05, 4.69) is 9.97 Å². The lowest BCUT2D eigenvalue weighted by molar-refractivity contribution is 0.220. The molecule has 0 spiro atoms. The summed E-state index contributed by atoms with van der Waals surface area (Å²) in [6.45, 7) is 0. The fraction of sp³-hybridized carbons (Fsp3) is 0.0714. The fourth-order valence-corrected chi connectivity index (χ4v) is 2.04. The molecule has 0 bridgehead atoms. The number of nitrogen functional groups attached to an aromatic ring is 1. The highest BCUT2D eigenvalue weighted by molar-refractivity contribution is 5.78. The van der Waals surface area contributed by atoms with Gasteiger partial charge >= 0.3 is 0 Å². The van der Waals surface area contributed by atoms with Crippen LogP contribution in [0.25, 0.3) is 11.0 Å². The third kappa shape index (κ3) is 1.83. The van der Waals surface area contributed by atoms with Crippen LogP contribution in [-0.4, -0.2) is 15.1 Å². The van der Waals surface area contributed by atoms with Crippen molar-refractivity contribution in [3.05, 3.63) is 59.7 Å². The van der Waals surface area contributed by atoms with Crippen LogP contribution in [0.1, 0.15) is 17.2 Å². The van der Waals surface area contributed by atoms with Gasteiger partial charge in [0.2, 0.25) is 0 Å². The van der Waals surface area contributed by atoms with Gasteiger partial charge < -0.3 is 15.8 Å². The van der Waals surface area contributed by atoms with Gasteiger partial charge in [-0.2, -0.15) is 0 Å². The number of aliphatic hydroxyl groups excluding tert-OH is 1. The molecule has 1 aromatic heterocycles. The smallest absolute Gasteiger partial charge is 0.198 e. The van der Waals surface area contributed by atoms with Gasteiger partial charge in [0.05, 0.1) is 11.0 Å². The molecule has 90 valence electrons. The molecule has 3 aromatic rings. The first-order chi connectivity index (χ1) is 8.74. The molecular weight excluding hydrogens is 226 g/mol. The normalized spacial score (nSPS) is 12.7. The largest absolute Gasteiger partial charge is 0.384 e. The molecule has 1 atom stereocenters. The summed E-state index contributed by atoms with van der Waals surface area (Å²) in [4.78, 5) is 7.09. The van der Waals surface area contributed by atoms with Gasteiger partial charge in [-0.1, -0.05) is 36.4 Å². The second-order valence-corrected chi connectivity index (χ2v) is 4.21. The molecule has 0 aliphatic carbocycles. The van der Waals surface area contributed by atoms with Crippen molar-refractivity contribution in [3.8, 4) is 0 Å². The number of fused-ring (bicyclic) bond motifs is 1. The van der Waals surface area contributed by atoms with Crippen molar-refractivity contribution in [1.29, 1.82) is 0 Å². The predicted octanol–water partition coefficient (Wildman–Crippen LogP) is 2.23. The van der Waals surface area contributed by atoms with Gasteiger partial charge in [0.15, 0.2) is 5.95 Å². The second-order valence-electron chi connectivity index (χ2n) is 4.21. The summed E-state index contributed by atoms with van der Waals surface area (Å²) >= 11 is 0. The zero-order valence-electron chi connectivity index (χ0n) is 9.67. The van der Waals surface area contributed by atoms with Crippen molar-refractivity contribution in [2.75, 3.05) is 5.73 Å². The number of imidazole rings is 1. The molecule has 0 aliphatic heterocycles. The monoisotopic (exact) mass is 239 g/mol. The van der Waals surface area contributed by atoms with E-state index in [-0.39, 0.29) is 0 Å². The Labute approximate surface area is 104 Å². The Morgan fingerprint density at radius 1 is 1.06 bits per heavy atom. The van der Waals surface area contributed by atoms with Crippen LogP contribution in [0, 0.1) is 0 Å². The average molecular weight is 239 g/mol. The summed E-state index contributed by atoms with van der Waals surface area (Å²) in [7, 11) is 0. The first-order valence-electron chi connectivity index (χ1n) is 5.72. The number of nitrogens with zero attached hydrogens (tertiary/aromatic N) is 1. The van der Waals surface area contributed by atoms with Gasteiger partial charge in [0.1, 0.15) is 6.10 Å². The lowest BCUT2D eigenvalue weighted by Gasteiger charge is -2.11. The van der Waals surface area contributed by atoms with E-state index >= 15 is 0 Å². The molecule has 4 N–H and O–H groups in total. The number of nitrogens with two attached hydrogens (primary N) is 1. The van der Waals surface area contributed by atoms with Crippen LogP contribution < -0.4 is 5.73 Å². The van der Waals surface area contributed by atoms with Crippen LogP contribution in [0.2, 0.25) is 0 Å². The fourth-order valence-electron chi connectivity index (χ4n) is 2.04. The highest BCUT2D eigenvalue weighted by Gasteiger charge is 2.11. The summed E-state index contributed by atoms with van der Waals surface area (Å²) < 4.78 is 0. The third-order valence-corrected chi connectivity index (χ3v) is 2.96. The molecule has 0 radical (unpaired) electrons. The number of hydrogen-bond acceptors (Lipinski definition) is 3. The number of aromatic amines is 1. The van der Waals surface area contributed by atoms with E-state index in [4.69, 9.17) is 5.73 Å². The Bertz CT molecular complexity index is 676. The third-order valence-electron chi connectivity index (χ3n) is 2.96. The summed E-state index contributed by atoms with van der Waals surface area (Å²) in [5.74, 6) is 0.386. The number of rotatable bonds is 2. The number of aliphatic hydroxyl groups is 1. The highest BCUT2D eigenvalue weighted by atomic mass is 16.3. The first kappa shape index (κ1) is 10.8. The van der Waals surface area contributed by atoms with Crippen LogP contribution in [-0.2, 0) is 0 Å². The summed E-state index contributed by atoms with van der Waals surface area (Å²) in [6.07, 6.45) is -0.639. The SMILES string of the molecule is Nc1nc2ccc([C@@H](O)c3ccccc3)cc2[nH]1. The molecule has 0 amide bonds. The minimum atomic E-state index is -0.639. The molecule has 4 heteroatoms. The van der Waals surface area contributed by atoms with Crippen molar-refractivity contribution >= 4 is 17.0 Å². The Morgan fingerprint density at radius 2 is 1.83 bits per heavy atom. The number of H-pyrrole nitrogens is 1. The average Bonchev–Trinajstić information content (AvgIpc) is 2.78. The standard InChI is InChI=1S/C14H13N3O/c15-14-16-11-7-6-10(8-12(11)17-14)13(18)9-4-2-1-3-5-9/h1-8,13,18H,(H3,15,16,17)/t13-/m0/s1. The molecule has 2 aromatic carbocycles. The Morgan fingerprint density at radius 3 is 2.61 bits per heavy atom. The van der Waals surface area contributed by atoms with Gasteiger partial charge in [-0.25, -0.2) is 4.98 Å². The van der Waals surface area contributed by atoms with Gasteiger partial charge in [-0.3, -0.25) is 0 Å². The van der Waals surface area contributed by atoms with Crippen molar-refractivity contribution in [2.45, 2.75) is 6.10 Å². The van der Waals surface area contributed by atoms with Crippen LogP contribution in [0.3, 0.4) is 0 Å². The maximum atomic E-state index is 10.3. The van der Waals surface area contributed by atoms with Crippen molar-refractivity contribution in [3.63, 3.8) is 0 Å². The molecular formula is C14H13N3O. The number of hydrogen-bond donors (Lipinski definition) is 3. The number of anilines is 1. The molecule has 0 aliphatic rings. The molecule has 18 heavy (non-hydrogen) atoms. The minimum Gasteiger partial charge on any atom is -0.384 e. The maximum Gasteiger partial charge on any atom is 0.198 e. The Balaban J connectivity index is 2.03. The quantitative estimate of drug-likeness (QED) is 0.642. The summed E-state index contributed by atoms with van der Waals surface area (Å²) in [5.41, 5.74) is 8.92. The van der Waals surface area contributed by atoms with Crippen LogP contribution in [0.5, 0.6) is 0 Å². The van der Waals surface area contributed by atoms with Gasteiger partial charge in [0.25, 0.3) is 0 Å². The van der Waals surface area contributed by atoms with Crippen LogP contribution >= 0.6 is 0 Å². The van der Waals surface area contributed by atoms with Gasteiger partial charge in [-0.05, 0) is 23.3 Å². The molecule has 0 saturated heterocycles. The molecule has 0 fully saturated rings. The molecule has 1 heterocycles. The predicted molar refractivity (Wildman–Crippen MR) is 71.0 cm³/mol. The summed E-state index contributed by atoms with van der Waals surface area (Å²) in [5, 5.41) is 10.3. The Kier molecular flexibility index (Phi) is 2.50. The lowest BCUT2D eigenvalue weighted by atomic mass is 10.0. The molecule has 0 unspecified atom stereocenters. The molecule has 0 saturated carbocycles. The van der Waals surface area contributed by atoms with Crippen molar-refractivity contribution < 1.29 is 5.11 Å². The van der Waals surface area contributed by atoms with E-state index < -0.39 is 6.10 Å². The molecule has 3 rings (SSSR count).